The van der Waals surface area contributed by atoms with E-state index in [2.05, 4.69) is 74.5 Å². The van der Waals surface area contributed by atoms with Gasteiger partial charge in [-0.15, -0.1) is 0 Å². The SMILES string of the molecule is Cc1ccc(C2(O)CC3CCC(C2)N3C(=O)OCC2c3ccccc3-c3ccccc32)cc1C. The van der Waals surface area contributed by atoms with Crippen LogP contribution < -0.4 is 0 Å². The van der Waals surface area contributed by atoms with Gasteiger partial charge >= 0.3 is 6.09 Å². The van der Waals surface area contributed by atoms with Crippen LogP contribution in [0.25, 0.3) is 11.1 Å². The van der Waals surface area contributed by atoms with Gasteiger partial charge in [-0.2, -0.15) is 0 Å². The molecule has 4 heteroatoms. The van der Waals surface area contributed by atoms with E-state index < -0.39 is 5.60 Å². The molecule has 0 aromatic heterocycles. The van der Waals surface area contributed by atoms with Crippen molar-refractivity contribution in [1.82, 2.24) is 4.90 Å². The predicted octanol–water partition coefficient (Wildman–Crippen LogP) is 6.07. The Kier molecular flexibility index (Phi) is 5.03. The number of rotatable bonds is 3. The Morgan fingerprint density at radius 1 is 0.912 bits per heavy atom. The van der Waals surface area contributed by atoms with Crippen molar-refractivity contribution < 1.29 is 14.6 Å². The molecular weight excluding hydrogens is 422 g/mol. The fourth-order valence-corrected chi connectivity index (χ4v) is 6.46. The molecule has 2 atom stereocenters. The molecule has 1 N–H and O–H groups in total. The third-order valence-electron chi connectivity index (χ3n) is 8.36. The topological polar surface area (TPSA) is 49.8 Å². The minimum absolute atomic E-state index is 0.0148. The van der Waals surface area contributed by atoms with E-state index in [0.717, 1.165) is 18.4 Å². The second kappa shape index (κ2) is 7.99. The number of hydrogen-bond donors (Lipinski definition) is 1. The Labute approximate surface area is 201 Å². The highest BCUT2D eigenvalue weighted by Gasteiger charge is 2.50. The van der Waals surface area contributed by atoms with Crippen molar-refractivity contribution in [2.45, 2.75) is 63.1 Å². The highest BCUT2D eigenvalue weighted by molar-refractivity contribution is 5.79. The fraction of sp³-hybridized carbons (Fsp3) is 0.367. The van der Waals surface area contributed by atoms with Gasteiger partial charge in [0.05, 0.1) is 5.60 Å². The summed E-state index contributed by atoms with van der Waals surface area (Å²) in [6.07, 6.45) is 2.73. The van der Waals surface area contributed by atoms with Crippen molar-refractivity contribution >= 4 is 6.09 Å². The first kappa shape index (κ1) is 21.4. The van der Waals surface area contributed by atoms with Gasteiger partial charge in [0.1, 0.15) is 6.61 Å². The maximum absolute atomic E-state index is 13.3. The standard InChI is InChI=1S/C30H31NO3/c1-19-11-12-21(15-20(19)2)30(33)16-22-13-14-23(17-30)31(22)29(32)34-18-28-26-9-5-3-7-24(26)25-8-4-6-10-27(25)28/h3-12,15,22-23,28,33H,13-14,16-18H2,1-2H3. The Balaban J connectivity index is 1.19. The van der Waals surface area contributed by atoms with Gasteiger partial charge in [0, 0.05) is 30.8 Å². The van der Waals surface area contributed by atoms with Gasteiger partial charge in [-0.1, -0.05) is 66.7 Å². The molecule has 3 aromatic rings. The smallest absolute Gasteiger partial charge is 0.410 e. The lowest BCUT2D eigenvalue weighted by molar-refractivity contribution is -0.0531. The van der Waals surface area contributed by atoms with E-state index in [1.807, 2.05) is 11.0 Å². The van der Waals surface area contributed by atoms with Crippen molar-refractivity contribution in [1.29, 1.82) is 0 Å². The summed E-state index contributed by atoms with van der Waals surface area (Å²) < 4.78 is 5.97. The van der Waals surface area contributed by atoms with Gasteiger partial charge in [-0.05, 0) is 65.6 Å². The summed E-state index contributed by atoms with van der Waals surface area (Å²) in [6, 6.07) is 23.1. The summed E-state index contributed by atoms with van der Waals surface area (Å²) >= 11 is 0. The van der Waals surface area contributed by atoms with E-state index in [0.29, 0.717) is 19.4 Å². The molecule has 0 radical (unpaired) electrons. The molecule has 34 heavy (non-hydrogen) atoms. The summed E-state index contributed by atoms with van der Waals surface area (Å²) in [6.45, 7) is 4.51. The van der Waals surface area contributed by atoms with Crippen molar-refractivity contribution in [3.63, 3.8) is 0 Å². The molecule has 2 bridgehead atoms. The van der Waals surface area contributed by atoms with E-state index in [1.54, 1.807) is 0 Å². The predicted molar refractivity (Wildman–Crippen MR) is 133 cm³/mol. The molecule has 0 spiro atoms. The number of nitrogens with zero attached hydrogens (tertiary/aromatic N) is 1. The molecular formula is C30H31NO3. The zero-order chi connectivity index (χ0) is 23.4. The van der Waals surface area contributed by atoms with Crippen LogP contribution in [0.5, 0.6) is 0 Å². The summed E-state index contributed by atoms with van der Waals surface area (Å²) in [5.74, 6) is 0.0614. The van der Waals surface area contributed by atoms with Crippen LogP contribution in [0.4, 0.5) is 4.79 Å². The first-order chi connectivity index (χ1) is 16.4. The van der Waals surface area contributed by atoms with Gasteiger partial charge in [0.25, 0.3) is 0 Å². The van der Waals surface area contributed by atoms with Crippen LogP contribution in [0, 0.1) is 13.8 Å². The first-order valence-corrected chi connectivity index (χ1v) is 12.4. The molecule has 2 saturated heterocycles. The lowest BCUT2D eigenvalue weighted by Gasteiger charge is -2.43. The maximum Gasteiger partial charge on any atom is 0.410 e. The summed E-state index contributed by atoms with van der Waals surface area (Å²) in [4.78, 5) is 15.2. The van der Waals surface area contributed by atoms with Crippen LogP contribution in [0.1, 0.15) is 59.4 Å². The largest absolute Gasteiger partial charge is 0.448 e. The van der Waals surface area contributed by atoms with Gasteiger partial charge < -0.3 is 14.7 Å². The fourth-order valence-electron chi connectivity index (χ4n) is 6.46. The van der Waals surface area contributed by atoms with Gasteiger partial charge in [0.2, 0.25) is 0 Å². The normalized spacial score (nSPS) is 25.2. The molecule has 2 heterocycles. The Hall–Kier alpha value is -3.11. The monoisotopic (exact) mass is 453 g/mol. The van der Waals surface area contributed by atoms with Crippen LogP contribution in [-0.2, 0) is 10.3 Å². The number of carbonyl (C=O) groups is 1. The molecule has 2 unspecified atom stereocenters. The summed E-state index contributed by atoms with van der Waals surface area (Å²) in [5.41, 5.74) is 7.42. The number of amides is 1. The zero-order valence-electron chi connectivity index (χ0n) is 19.8. The van der Waals surface area contributed by atoms with E-state index in [-0.39, 0.29) is 24.1 Å². The molecule has 4 nitrogen and oxygen atoms in total. The molecule has 3 aliphatic rings. The van der Waals surface area contributed by atoms with Gasteiger partial charge in [-0.25, -0.2) is 4.79 Å². The van der Waals surface area contributed by atoms with E-state index >= 15 is 0 Å². The van der Waals surface area contributed by atoms with E-state index in [9.17, 15) is 9.90 Å². The number of hydrogen-bond acceptors (Lipinski definition) is 3. The van der Waals surface area contributed by atoms with Crippen LogP contribution in [0.15, 0.2) is 66.7 Å². The number of fused-ring (bicyclic) bond motifs is 5. The minimum Gasteiger partial charge on any atom is -0.448 e. The Morgan fingerprint density at radius 2 is 1.50 bits per heavy atom. The highest BCUT2D eigenvalue weighted by Crippen LogP contribution is 2.47. The van der Waals surface area contributed by atoms with Crippen molar-refractivity contribution in [2.75, 3.05) is 6.61 Å². The zero-order valence-corrected chi connectivity index (χ0v) is 19.8. The van der Waals surface area contributed by atoms with Crippen LogP contribution in [-0.4, -0.2) is 34.8 Å². The molecule has 3 aromatic carbocycles. The minimum atomic E-state index is -0.885. The number of benzene rings is 3. The summed E-state index contributed by atoms with van der Waals surface area (Å²) in [7, 11) is 0. The number of aryl methyl sites for hydroxylation is 2. The first-order valence-electron chi connectivity index (χ1n) is 12.4. The van der Waals surface area contributed by atoms with Crippen LogP contribution in [0.2, 0.25) is 0 Å². The van der Waals surface area contributed by atoms with Crippen molar-refractivity contribution in [3.05, 3.63) is 94.5 Å². The molecule has 174 valence electrons. The second-order valence-electron chi connectivity index (χ2n) is 10.3. The van der Waals surface area contributed by atoms with Gasteiger partial charge in [0.15, 0.2) is 0 Å². The Morgan fingerprint density at radius 3 is 2.09 bits per heavy atom. The number of carbonyl (C=O) groups excluding carboxylic acids is 1. The van der Waals surface area contributed by atoms with Crippen molar-refractivity contribution in [2.24, 2.45) is 0 Å². The van der Waals surface area contributed by atoms with E-state index in [1.165, 1.54) is 33.4 Å². The third kappa shape index (κ3) is 3.35. The van der Waals surface area contributed by atoms with Crippen LogP contribution >= 0.6 is 0 Å². The molecule has 1 aliphatic carbocycles. The molecule has 2 aliphatic heterocycles. The lowest BCUT2D eigenvalue weighted by Crippen LogP contribution is -2.52. The van der Waals surface area contributed by atoms with Gasteiger partial charge in [-0.3, -0.25) is 0 Å². The average Bonchev–Trinajstić information content (AvgIpc) is 3.31. The van der Waals surface area contributed by atoms with Crippen molar-refractivity contribution in [3.8, 4) is 11.1 Å². The van der Waals surface area contributed by atoms with E-state index in [4.69, 9.17) is 4.74 Å². The number of aliphatic hydroxyl groups is 1. The number of ether oxygens (including phenoxy) is 1. The average molecular weight is 454 g/mol. The molecule has 2 fully saturated rings. The lowest BCUT2D eigenvalue weighted by atomic mass is 9.80. The molecule has 1 amide bonds. The molecule has 0 saturated carbocycles. The second-order valence-corrected chi connectivity index (χ2v) is 10.3. The summed E-state index contributed by atoms with van der Waals surface area (Å²) in [5, 5.41) is 11.6. The highest BCUT2D eigenvalue weighted by atomic mass is 16.6. The quantitative estimate of drug-likeness (QED) is 0.524. The third-order valence-corrected chi connectivity index (χ3v) is 8.36. The van der Waals surface area contributed by atoms with Crippen LogP contribution in [0.3, 0.4) is 0 Å². The number of piperidine rings is 1. The maximum atomic E-state index is 13.3. The molecule has 6 rings (SSSR count). The Bertz CT molecular complexity index is 1210.